The lowest BCUT2D eigenvalue weighted by Gasteiger charge is -2.43. The summed E-state index contributed by atoms with van der Waals surface area (Å²) in [5.74, 6) is -0.269. The zero-order chi connectivity index (χ0) is 42.8. The molecule has 4 aliphatic rings. The van der Waals surface area contributed by atoms with Gasteiger partial charge in [0.25, 0.3) is 5.56 Å². The molecule has 25 heteroatoms. The van der Waals surface area contributed by atoms with Gasteiger partial charge < -0.3 is 32.3 Å². The van der Waals surface area contributed by atoms with Gasteiger partial charge in [0, 0.05) is 5.41 Å². The average Bonchev–Trinajstić information content (AvgIpc) is 3.46. The molecule has 11 atom stereocenters. The fraction of sp³-hybridized carbons (Fsp3) is 0.657. The van der Waals surface area contributed by atoms with Crippen LogP contribution in [0.25, 0.3) is 22.3 Å². The highest BCUT2D eigenvalue weighted by molar-refractivity contribution is 8.07. The average molecular weight is 907 g/mol. The molecule has 4 fully saturated rings. The summed E-state index contributed by atoms with van der Waals surface area (Å²) in [5, 5.41) is 18.5. The third-order valence-corrected chi connectivity index (χ3v) is 20.4. The summed E-state index contributed by atoms with van der Waals surface area (Å²) in [6.45, 7) is 7.22. The van der Waals surface area contributed by atoms with E-state index in [2.05, 4.69) is 63.8 Å². The minimum Gasteiger partial charge on any atom is -0.409 e. The van der Waals surface area contributed by atoms with Crippen LogP contribution in [0.2, 0.25) is 18.1 Å². The molecule has 0 bridgehead atoms. The summed E-state index contributed by atoms with van der Waals surface area (Å²) in [6, 6.07) is 3.52. The van der Waals surface area contributed by atoms with Gasteiger partial charge in [-0.15, -0.1) is 0 Å². The van der Waals surface area contributed by atoms with Gasteiger partial charge in [-0.25, -0.2) is 33.9 Å². The van der Waals surface area contributed by atoms with Gasteiger partial charge in [-0.3, -0.25) is 22.9 Å². The van der Waals surface area contributed by atoms with Crippen LogP contribution in [0, 0.1) is 40.9 Å². The molecule has 2 saturated carbocycles. The SMILES string of the molecule is Cc1ncnc2c1ncn2[C@H]1C(O[Si](C)(C)C(C)(C)C)[C@@H]2OP(=S)(OCCC#N)OC[C@H]3O[C@@H](n4cnc5c(=O)[nH]cnc54)[C@H](F)[C@@H]3OP(=O)(OCCC#N)OCC23C[C@H]13. The molecular formula is C35H45FN10O10P2SSi. The number of phosphoric ester groups is 1. The Morgan fingerprint density at radius 3 is 2.47 bits per heavy atom. The lowest BCUT2D eigenvalue weighted by molar-refractivity contribution is -0.0622. The van der Waals surface area contributed by atoms with Crippen molar-refractivity contribution in [2.45, 2.75) is 108 Å². The molecule has 20 nitrogen and oxygen atoms in total. The van der Waals surface area contributed by atoms with Crippen molar-refractivity contribution in [2.75, 3.05) is 26.4 Å². The van der Waals surface area contributed by atoms with E-state index in [1.165, 1.54) is 17.2 Å². The zero-order valence-electron chi connectivity index (χ0n) is 33.7. The first kappa shape index (κ1) is 43.2. The second-order valence-electron chi connectivity index (χ2n) is 16.8. The minimum atomic E-state index is -4.73. The summed E-state index contributed by atoms with van der Waals surface area (Å²) in [5.41, 5.74) is 0.287. The van der Waals surface area contributed by atoms with Gasteiger partial charge in [-0.1, -0.05) is 20.8 Å². The number of nitriles is 2. The normalized spacial score (nSPS) is 34.5. The number of H-pyrrole nitrogens is 1. The molecule has 0 aromatic carbocycles. The predicted octanol–water partition coefficient (Wildman–Crippen LogP) is 5.47. The summed E-state index contributed by atoms with van der Waals surface area (Å²) in [7, 11) is -7.36. The number of imidazole rings is 2. The molecule has 2 saturated heterocycles. The van der Waals surface area contributed by atoms with E-state index in [0.29, 0.717) is 23.3 Å². The number of halogens is 1. The molecule has 1 N–H and O–H groups in total. The highest BCUT2D eigenvalue weighted by Gasteiger charge is 2.75. The Morgan fingerprint density at radius 2 is 1.73 bits per heavy atom. The molecule has 60 heavy (non-hydrogen) atoms. The molecule has 6 heterocycles. The Labute approximate surface area is 350 Å². The number of aromatic amines is 1. The van der Waals surface area contributed by atoms with E-state index < -0.39 is 83.3 Å². The predicted molar refractivity (Wildman–Crippen MR) is 215 cm³/mol. The Kier molecular flexibility index (Phi) is 11.6. The summed E-state index contributed by atoms with van der Waals surface area (Å²) < 4.78 is 85.9. The molecule has 322 valence electrons. The number of alkyl halides is 1. The molecule has 4 aromatic heterocycles. The third-order valence-electron chi connectivity index (χ3n) is 12.1. The van der Waals surface area contributed by atoms with Gasteiger partial charge in [0.1, 0.15) is 30.2 Å². The number of aromatic nitrogens is 8. The van der Waals surface area contributed by atoms with E-state index in [0.717, 1.165) is 6.33 Å². The summed E-state index contributed by atoms with van der Waals surface area (Å²) in [4.78, 5) is 36.8. The van der Waals surface area contributed by atoms with E-state index in [-0.39, 0.29) is 54.8 Å². The molecule has 0 amide bonds. The van der Waals surface area contributed by atoms with Crippen LogP contribution in [0.3, 0.4) is 0 Å². The van der Waals surface area contributed by atoms with Crippen molar-refractivity contribution in [1.82, 2.24) is 39.0 Å². The number of hydrogen-bond acceptors (Lipinski definition) is 18. The van der Waals surface area contributed by atoms with Crippen LogP contribution < -0.4 is 5.56 Å². The first-order valence-corrected chi connectivity index (χ1v) is 26.3. The Morgan fingerprint density at radius 1 is 1.03 bits per heavy atom. The maximum atomic E-state index is 16.9. The molecule has 2 aliphatic carbocycles. The van der Waals surface area contributed by atoms with Crippen LogP contribution in [0.15, 0.2) is 30.1 Å². The lowest BCUT2D eigenvalue weighted by Crippen LogP contribution is -2.50. The number of rotatable bonds is 10. The second-order valence-corrected chi connectivity index (χ2v) is 26.1. The number of ether oxygens (including phenoxy) is 1. The lowest BCUT2D eigenvalue weighted by atomic mass is 10.0. The van der Waals surface area contributed by atoms with Crippen molar-refractivity contribution < 1.29 is 45.3 Å². The monoisotopic (exact) mass is 906 g/mol. The number of hydrogen-bond donors (Lipinski definition) is 1. The van der Waals surface area contributed by atoms with E-state index >= 15 is 4.39 Å². The first-order chi connectivity index (χ1) is 28.4. The van der Waals surface area contributed by atoms with Gasteiger partial charge in [0.05, 0.1) is 88.2 Å². The third kappa shape index (κ3) is 7.71. The van der Waals surface area contributed by atoms with Gasteiger partial charge >= 0.3 is 14.5 Å². The standard InChI is InChI=1S/C35H45FN10O10P2SSi/c1-20-24-30(40-16-39-20)45(18-43-24)26-21-13-35(21)15-52-57(48,49-11-7-9-37)54-27-22(53-33(23(27)36)46-19-44-25-31(46)41-17-42-32(25)47)14-51-58(59,50-12-8-10-38)55-29(35)28(26)56-60(5,6)34(2,3)4/h16-19,21-23,26-29,33H,7-8,11-15H2,1-6H3,(H,41,42,47)/t21-,22-,23-,26-,27-,28?,29+,33-,35?,57?,58?/m1/s1. The van der Waals surface area contributed by atoms with Crippen LogP contribution in [-0.4, -0.2) is 104 Å². The van der Waals surface area contributed by atoms with E-state index in [9.17, 15) is 19.9 Å². The topological polar surface area (TPSA) is 246 Å². The quantitative estimate of drug-likeness (QED) is 0.118. The molecule has 4 unspecified atom stereocenters. The molecule has 0 radical (unpaired) electrons. The van der Waals surface area contributed by atoms with Crippen LogP contribution in [0.4, 0.5) is 4.39 Å². The fourth-order valence-electron chi connectivity index (χ4n) is 7.96. The fourth-order valence-corrected chi connectivity index (χ4v) is 12.8. The smallest absolute Gasteiger partial charge is 0.409 e. The maximum Gasteiger partial charge on any atom is 0.475 e. The largest absolute Gasteiger partial charge is 0.475 e. The highest BCUT2D eigenvalue weighted by atomic mass is 32.5. The number of fused-ring (bicyclic) bond motifs is 3. The van der Waals surface area contributed by atoms with E-state index in [1.807, 2.05) is 23.6 Å². The Hall–Kier alpha value is -3.41. The Bertz CT molecular complexity index is 2530. The van der Waals surface area contributed by atoms with Gasteiger partial charge in [-0.2, -0.15) is 10.5 Å². The Balaban J connectivity index is 1.23. The van der Waals surface area contributed by atoms with Crippen molar-refractivity contribution in [3.8, 4) is 12.1 Å². The van der Waals surface area contributed by atoms with Gasteiger partial charge in [0.15, 0.2) is 37.5 Å². The number of nitrogens with one attached hydrogen (secondary N) is 1. The van der Waals surface area contributed by atoms with Gasteiger partial charge in [-0.05, 0) is 49.2 Å². The van der Waals surface area contributed by atoms with Crippen molar-refractivity contribution in [3.63, 3.8) is 0 Å². The molecule has 2 aliphatic heterocycles. The van der Waals surface area contributed by atoms with E-state index in [1.54, 1.807) is 6.33 Å². The minimum absolute atomic E-state index is 0.0175. The van der Waals surface area contributed by atoms with Crippen LogP contribution >= 0.6 is 14.5 Å². The van der Waals surface area contributed by atoms with Crippen molar-refractivity contribution in [2.24, 2.45) is 11.3 Å². The van der Waals surface area contributed by atoms with E-state index in [4.69, 9.17) is 48.1 Å². The summed E-state index contributed by atoms with van der Waals surface area (Å²) >= 11 is 6.13. The molecule has 1 spiro atoms. The second kappa shape index (κ2) is 16.0. The molecular weight excluding hydrogens is 862 g/mol. The molecule has 4 aromatic rings. The van der Waals surface area contributed by atoms with Crippen LogP contribution in [0.5, 0.6) is 0 Å². The van der Waals surface area contributed by atoms with Crippen LogP contribution in [0.1, 0.15) is 58.0 Å². The number of aryl methyl sites for hydroxylation is 1. The van der Waals surface area contributed by atoms with Crippen molar-refractivity contribution >= 4 is 57.0 Å². The van der Waals surface area contributed by atoms with Gasteiger partial charge in [0.2, 0.25) is 0 Å². The van der Waals surface area contributed by atoms with Crippen molar-refractivity contribution in [1.29, 1.82) is 10.5 Å². The maximum absolute atomic E-state index is 16.9. The van der Waals surface area contributed by atoms with Crippen molar-refractivity contribution in [3.05, 3.63) is 41.4 Å². The van der Waals surface area contributed by atoms with Crippen LogP contribution in [-0.2, 0) is 52.7 Å². The number of phosphoric acid groups is 1. The molecule has 8 rings (SSSR count). The summed E-state index contributed by atoms with van der Waals surface area (Å²) in [6.07, 6.45) is -2.56. The highest BCUT2D eigenvalue weighted by Crippen LogP contribution is 2.74. The number of nitrogens with zero attached hydrogens (tertiary/aromatic N) is 9. The zero-order valence-corrected chi connectivity index (χ0v) is 37.3. The first-order valence-electron chi connectivity index (χ1n) is 19.4.